The fourth-order valence-corrected chi connectivity index (χ4v) is 4.04. The van der Waals surface area contributed by atoms with E-state index in [0.717, 1.165) is 49.0 Å². The fourth-order valence-electron chi connectivity index (χ4n) is 3.25. The molecule has 0 radical (unpaired) electrons. The zero-order valence-electron chi connectivity index (χ0n) is 15.1. The van der Waals surface area contributed by atoms with Gasteiger partial charge in [0, 0.05) is 55.4 Å². The van der Waals surface area contributed by atoms with Crippen LogP contribution in [0.5, 0.6) is 0 Å². The minimum Gasteiger partial charge on any atom is -0.368 e. The third-order valence-corrected chi connectivity index (χ3v) is 5.74. The number of nitrogens with zero attached hydrogens (tertiary/aromatic N) is 4. The lowest BCUT2D eigenvalue weighted by Gasteiger charge is -2.36. The van der Waals surface area contributed by atoms with Gasteiger partial charge in [-0.05, 0) is 36.4 Å². The Kier molecular flexibility index (Phi) is 5.45. The van der Waals surface area contributed by atoms with Crippen molar-refractivity contribution >= 4 is 29.5 Å². The highest BCUT2D eigenvalue weighted by molar-refractivity contribution is 8.03. The average Bonchev–Trinajstić information content (AvgIpc) is 3.21. The standard InChI is InChI=1S/C19H20F3N5S/c20-19(21,22)14-1-3-16(4-2-14)26-7-9-27(10-8-26)18-24-6-5-15(25-18)11-17-12-23-13-28-17/h1-6,11,23H,7-10,12-13H2/b17-11-. The molecule has 2 fully saturated rings. The molecule has 0 atom stereocenters. The second-order valence-electron chi connectivity index (χ2n) is 6.63. The van der Waals surface area contributed by atoms with E-state index in [1.54, 1.807) is 18.0 Å². The van der Waals surface area contributed by atoms with Crippen LogP contribution in [0.3, 0.4) is 0 Å². The molecular weight excluding hydrogens is 387 g/mol. The van der Waals surface area contributed by atoms with Crippen molar-refractivity contribution in [3.05, 3.63) is 52.7 Å². The number of nitrogens with one attached hydrogen (secondary N) is 1. The number of piperazine rings is 1. The number of hydrogen-bond acceptors (Lipinski definition) is 6. The van der Waals surface area contributed by atoms with E-state index in [0.29, 0.717) is 19.0 Å². The van der Waals surface area contributed by atoms with Gasteiger partial charge in [0.2, 0.25) is 5.95 Å². The molecule has 148 valence electrons. The SMILES string of the molecule is FC(F)(F)c1ccc(N2CCN(c3nccc(/C=C4/CNCS4)n3)CC2)cc1. The highest BCUT2D eigenvalue weighted by Gasteiger charge is 2.30. The molecule has 1 aromatic heterocycles. The normalized spacial score (nSPS) is 19.5. The zero-order chi connectivity index (χ0) is 19.6. The topological polar surface area (TPSA) is 44.3 Å². The average molecular weight is 407 g/mol. The van der Waals surface area contributed by atoms with Crippen molar-refractivity contribution in [2.24, 2.45) is 0 Å². The Morgan fingerprint density at radius 3 is 2.36 bits per heavy atom. The molecule has 2 aliphatic rings. The quantitative estimate of drug-likeness (QED) is 0.841. The molecule has 2 saturated heterocycles. The summed E-state index contributed by atoms with van der Waals surface area (Å²) >= 11 is 1.78. The van der Waals surface area contributed by atoms with E-state index >= 15 is 0 Å². The first-order valence-electron chi connectivity index (χ1n) is 9.03. The summed E-state index contributed by atoms with van der Waals surface area (Å²) in [5.41, 5.74) is 1.07. The monoisotopic (exact) mass is 407 g/mol. The lowest BCUT2D eigenvalue weighted by atomic mass is 10.1. The van der Waals surface area contributed by atoms with Crippen LogP contribution in [-0.4, -0.2) is 48.6 Å². The van der Waals surface area contributed by atoms with Gasteiger partial charge in [-0.25, -0.2) is 9.97 Å². The van der Waals surface area contributed by atoms with Gasteiger partial charge in [0.05, 0.1) is 11.3 Å². The van der Waals surface area contributed by atoms with Crippen molar-refractivity contribution in [1.29, 1.82) is 0 Å². The van der Waals surface area contributed by atoms with E-state index in [-0.39, 0.29) is 0 Å². The molecule has 0 amide bonds. The molecule has 5 nitrogen and oxygen atoms in total. The Morgan fingerprint density at radius 2 is 1.71 bits per heavy atom. The predicted molar refractivity (Wildman–Crippen MR) is 106 cm³/mol. The summed E-state index contributed by atoms with van der Waals surface area (Å²) in [7, 11) is 0. The van der Waals surface area contributed by atoms with Crippen molar-refractivity contribution in [3.8, 4) is 0 Å². The number of rotatable bonds is 3. The third kappa shape index (κ3) is 4.41. The molecule has 0 saturated carbocycles. The van der Waals surface area contributed by atoms with E-state index in [1.165, 1.54) is 17.0 Å². The van der Waals surface area contributed by atoms with Crippen LogP contribution < -0.4 is 15.1 Å². The molecule has 0 unspecified atom stereocenters. The summed E-state index contributed by atoms with van der Waals surface area (Å²) in [4.78, 5) is 14.5. The van der Waals surface area contributed by atoms with Gasteiger partial charge in [-0.1, -0.05) is 0 Å². The van der Waals surface area contributed by atoms with Gasteiger partial charge in [-0.3, -0.25) is 0 Å². The van der Waals surface area contributed by atoms with Gasteiger partial charge >= 0.3 is 6.18 Å². The summed E-state index contributed by atoms with van der Waals surface area (Å²) < 4.78 is 38.2. The smallest absolute Gasteiger partial charge is 0.368 e. The molecule has 0 aliphatic carbocycles. The molecule has 0 bridgehead atoms. The van der Waals surface area contributed by atoms with Crippen LogP contribution in [0.15, 0.2) is 41.4 Å². The minimum absolute atomic E-state index is 0.621. The Bertz CT molecular complexity index is 837. The zero-order valence-corrected chi connectivity index (χ0v) is 15.9. The Hall–Kier alpha value is -2.26. The van der Waals surface area contributed by atoms with Crippen LogP contribution >= 0.6 is 11.8 Å². The molecule has 28 heavy (non-hydrogen) atoms. The minimum atomic E-state index is -4.30. The van der Waals surface area contributed by atoms with E-state index in [4.69, 9.17) is 0 Å². The Labute approximate surface area is 165 Å². The Morgan fingerprint density at radius 1 is 1.00 bits per heavy atom. The predicted octanol–water partition coefficient (Wildman–Crippen LogP) is 3.46. The number of benzene rings is 1. The van der Waals surface area contributed by atoms with Crippen LogP contribution in [0.2, 0.25) is 0 Å². The number of anilines is 2. The summed E-state index contributed by atoms with van der Waals surface area (Å²) in [5.74, 6) is 1.62. The van der Waals surface area contributed by atoms with Crippen LogP contribution in [0.4, 0.5) is 24.8 Å². The third-order valence-electron chi connectivity index (χ3n) is 4.75. The molecular formula is C19H20F3N5S. The number of hydrogen-bond donors (Lipinski definition) is 1. The lowest BCUT2D eigenvalue weighted by Crippen LogP contribution is -2.47. The van der Waals surface area contributed by atoms with Crippen LogP contribution in [0.25, 0.3) is 6.08 Å². The lowest BCUT2D eigenvalue weighted by molar-refractivity contribution is -0.137. The molecule has 2 aromatic rings. The maximum atomic E-state index is 12.7. The molecule has 1 N–H and O–H groups in total. The van der Waals surface area contributed by atoms with Gasteiger partial charge in [-0.15, -0.1) is 11.8 Å². The van der Waals surface area contributed by atoms with Crippen molar-refractivity contribution < 1.29 is 13.2 Å². The van der Waals surface area contributed by atoms with E-state index in [1.807, 2.05) is 6.07 Å². The number of alkyl halides is 3. The summed E-state index contributed by atoms with van der Waals surface area (Å²) in [6.45, 7) is 3.73. The van der Waals surface area contributed by atoms with Crippen molar-refractivity contribution in [2.45, 2.75) is 6.18 Å². The summed E-state index contributed by atoms with van der Waals surface area (Å²) in [5, 5.41) is 3.28. The first-order valence-corrected chi connectivity index (χ1v) is 10.0. The highest BCUT2D eigenvalue weighted by atomic mass is 32.2. The molecule has 4 rings (SSSR count). The van der Waals surface area contributed by atoms with E-state index in [2.05, 4.69) is 31.2 Å². The van der Waals surface area contributed by atoms with Gasteiger partial charge in [-0.2, -0.15) is 13.2 Å². The Balaban J connectivity index is 1.39. The molecule has 0 spiro atoms. The van der Waals surface area contributed by atoms with Crippen LogP contribution in [-0.2, 0) is 6.18 Å². The largest absolute Gasteiger partial charge is 0.416 e. The van der Waals surface area contributed by atoms with Gasteiger partial charge in [0.1, 0.15) is 0 Å². The second-order valence-corrected chi connectivity index (χ2v) is 7.73. The van der Waals surface area contributed by atoms with Crippen molar-refractivity contribution in [3.63, 3.8) is 0 Å². The number of halogens is 3. The highest BCUT2D eigenvalue weighted by Crippen LogP contribution is 2.31. The summed E-state index contributed by atoms with van der Waals surface area (Å²) in [6, 6.07) is 7.24. The fraction of sp³-hybridized carbons (Fsp3) is 0.368. The first-order chi connectivity index (χ1) is 13.5. The molecule has 1 aromatic carbocycles. The maximum Gasteiger partial charge on any atom is 0.416 e. The van der Waals surface area contributed by atoms with Crippen LogP contribution in [0, 0.1) is 0 Å². The first kappa shape index (κ1) is 19.1. The summed E-state index contributed by atoms with van der Waals surface area (Å²) in [6.07, 6.45) is -0.458. The molecule has 3 heterocycles. The number of thioether (sulfide) groups is 1. The second kappa shape index (κ2) is 8.00. The van der Waals surface area contributed by atoms with Gasteiger partial charge in [0.15, 0.2) is 0 Å². The van der Waals surface area contributed by atoms with Gasteiger partial charge < -0.3 is 15.1 Å². The van der Waals surface area contributed by atoms with E-state index < -0.39 is 11.7 Å². The molecule has 9 heteroatoms. The van der Waals surface area contributed by atoms with Crippen LogP contribution in [0.1, 0.15) is 11.3 Å². The van der Waals surface area contributed by atoms with Crippen molar-refractivity contribution in [2.75, 3.05) is 48.4 Å². The molecule has 2 aliphatic heterocycles. The van der Waals surface area contributed by atoms with Crippen molar-refractivity contribution in [1.82, 2.24) is 15.3 Å². The number of aromatic nitrogens is 2. The van der Waals surface area contributed by atoms with Gasteiger partial charge in [0.25, 0.3) is 0 Å². The maximum absolute atomic E-state index is 12.7. The van der Waals surface area contributed by atoms with E-state index in [9.17, 15) is 13.2 Å².